The minimum Gasteiger partial charge on any atom is -0.653 e. The molecule has 0 N–H and O–H groups in total. The van der Waals surface area contributed by atoms with E-state index in [1.807, 2.05) is 12.1 Å². The molecule has 86 valence electrons. The second kappa shape index (κ2) is 6.09. The molecule has 3 heteroatoms. The molecule has 0 saturated carbocycles. The van der Waals surface area contributed by atoms with Gasteiger partial charge in [0.15, 0.2) is 0 Å². The van der Waals surface area contributed by atoms with Gasteiger partial charge >= 0.3 is 58.2 Å². The van der Waals surface area contributed by atoms with E-state index in [0.717, 1.165) is 6.42 Å². The van der Waals surface area contributed by atoms with E-state index in [0.29, 0.717) is 6.54 Å². The standard InChI is InChI=1S/C14H19NO.Rb/c1-14(2,3)12-11-7-5-4-6-10(11)8-9-15-13(12)16;/h4-7,12H,8-9H2,1-3H3,(H,15,16);/q;+1/p-1. The Labute approximate surface area is 152 Å². The number of amides is 1. The van der Waals surface area contributed by atoms with E-state index >= 15 is 0 Å². The molecule has 1 aliphatic rings. The normalized spacial score (nSPS) is 19.7. The molecule has 0 saturated heterocycles. The number of rotatable bonds is 0. The van der Waals surface area contributed by atoms with Gasteiger partial charge in [-0.1, -0.05) is 45.0 Å². The molecule has 0 spiro atoms. The van der Waals surface area contributed by atoms with Gasteiger partial charge in [0.25, 0.3) is 0 Å². The Morgan fingerprint density at radius 2 is 1.88 bits per heavy atom. The Balaban J connectivity index is 0.00000144. The number of hydrogen-bond donors (Lipinski definition) is 0. The fraction of sp³-hybridized carbons (Fsp3) is 0.500. The van der Waals surface area contributed by atoms with Crippen molar-refractivity contribution < 1.29 is 63.0 Å². The van der Waals surface area contributed by atoms with Crippen LogP contribution >= 0.6 is 0 Å². The summed E-state index contributed by atoms with van der Waals surface area (Å²) in [5.74, 6) is -0.0522. The molecule has 1 aromatic rings. The summed E-state index contributed by atoms with van der Waals surface area (Å²) in [4.78, 5) is 12.1. The fourth-order valence-electron chi connectivity index (χ4n) is 2.39. The van der Waals surface area contributed by atoms with Crippen molar-refractivity contribution in [1.29, 1.82) is 0 Å². The maximum absolute atomic E-state index is 12.1. The SMILES string of the molecule is CC(C)(C)C1C(=O)[N-]CCc2ccccc21.[Rb+]. The van der Waals surface area contributed by atoms with Crippen LogP contribution in [0.4, 0.5) is 0 Å². The average Bonchev–Trinajstić information content (AvgIpc) is 2.34. The van der Waals surface area contributed by atoms with Crippen LogP contribution in [0.25, 0.3) is 5.32 Å². The maximum atomic E-state index is 12.1. The molecule has 1 atom stereocenters. The number of nitrogens with zero attached hydrogens (tertiary/aromatic N) is 1. The molecule has 0 aliphatic carbocycles. The number of benzene rings is 1. The third kappa shape index (κ3) is 3.49. The first-order valence-corrected chi connectivity index (χ1v) is 5.79. The second-order valence-electron chi connectivity index (χ2n) is 5.47. The van der Waals surface area contributed by atoms with E-state index in [1.165, 1.54) is 11.1 Å². The predicted molar refractivity (Wildman–Crippen MR) is 65.6 cm³/mol. The molecular formula is C14H18NORb. The molecule has 2 nitrogen and oxygen atoms in total. The average molecular weight is 302 g/mol. The van der Waals surface area contributed by atoms with Crippen LogP contribution in [0.1, 0.15) is 37.8 Å². The van der Waals surface area contributed by atoms with Gasteiger partial charge < -0.3 is 10.1 Å². The zero-order valence-electron chi connectivity index (χ0n) is 11.2. The molecule has 0 bridgehead atoms. The molecule has 0 fully saturated rings. The predicted octanol–water partition coefficient (Wildman–Crippen LogP) is 0.277. The van der Waals surface area contributed by atoms with Crippen LogP contribution in [-0.4, -0.2) is 12.5 Å². The first kappa shape index (κ1) is 15.6. The van der Waals surface area contributed by atoms with Crippen molar-refractivity contribution in [1.82, 2.24) is 0 Å². The summed E-state index contributed by atoms with van der Waals surface area (Å²) in [6.07, 6.45) is 0.883. The van der Waals surface area contributed by atoms with Gasteiger partial charge in [-0.25, -0.2) is 0 Å². The van der Waals surface area contributed by atoms with E-state index in [2.05, 4.69) is 38.2 Å². The number of hydrogen-bond acceptors (Lipinski definition) is 1. The monoisotopic (exact) mass is 301 g/mol. The Morgan fingerprint density at radius 1 is 1.24 bits per heavy atom. The Kier molecular flexibility index (Phi) is 5.57. The van der Waals surface area contributed by atoms with Crippen molar-refractivity contribution in [2.24, 2.45) is 5.41 Å². The summed E-state index contributed by atoms with van der Waals surface area (Å²) in [6, 6.07) is 8.23. The van der Waals surface area contributed by atoms with E-state index in [9.17, 15) is 4.79 Å². The molecule has 2 rings (SSSR count). The Hall–Kier alpha value is 0.495. The van der Waals surface area contributed by atoms with Gasteiger partial charge in [-0.3, -0.25) is 0 Å². The van der Waals surface area contributed by atoms with Crippen LogP contribution in [0.3, 0.4) is 0 Å². The zero-order valence-corrected chi connectivity index (χ0v) is 16.1. The zero-order chi connectivity index (χ0) is 11.8. The van der Waals surface area contributed by atoms with Crippen LogP contribution in [-0.2, 0) is 11.2 Å². The summed E-state index contributed by atoms with van der Waals surface area (Å²) < 4.78 is 0. The van der Waals surface area contributed by atoms with Gasteiger partial charge in [-0.15, -0.1) is 6.54 Å². The largest absolute Gasteiger partial charge is 1.00 e. The van der Waals surface area contributed by atoms with E-state index in [-0.39, 0.29) is 75.4 Å². The smallest absolute Gasteiger partial charge is 0.653 e. The van der Waals surface area contributed by atoms with Crippen molar-refractivity contribution in [3.63, 3.8) is 0 Å². The van der Waals surface area contributed by atoms with E-state index in [1.54, 1.807) is 0 Å². The van der Waals surface area contributed by atoms with Crippen LogP contribution in [0.15, 0.2) is 24.3 Å². The van der Waals surface area contributed by atoms with Crippen LogP contribution in [0.5, 0.6) is 0 Å². The molecule has 1 aliphatic heterocycles. The third-order valence-electron chi connectivity index (χ3n) is 3.13. The van der Waals surface area contributed by atoms with Gasteiger partial charge in [-0.05, 0) is 23.0 Å². The van der Waals surface area contributed by atoms with Gasteiger partial charge in [0.2, 0.25) is 0 Å². The van der Waals surface area contributed by atoms with Gasteiger partial charge in [0.1, 0.15) is 0 Å². The van der Waals surface area contributed by atoms with E-state index in [4.69, 9.17) is 0 Å². The molecule has 1 aromatic carbocycles. The number of carbonyl (C=O) groups is 1. The van der Waals surface area contributed by atoms with Crippen molar-refractivity contribution >= 4 is 5.91 Å². The molecule has 1 unspecified atom stereocenters. The molecular weight excluding hydrogens is 284 g/mol. The Morgan fingerprint density at radius 3 is 2.53 bits per heavy atom. The first-order valence-electron chi connectivity index (χ1n) is 5.79. The summed E-state index contributed by atoms with van der Waals surface area (Å²) in [5, 5.41) is 4.15. The molecule has 0 aromatic heterocycles. The molecule has 1 heterocycles. The third-order valence-corrected chi connectivity index (χ3v) is 3.13. The van der Waals surface area contributed by atoms with E-state index < -0.39 is 0 Å². The quantitative estimate of drug-likeness (QED) is 0.677. The maximum Gasteiger partial charge on any atom is 1.00 e. The minimum atomic E-state index is -0.0915. The summed E-state index contributed by atoms with van der Waals surface area (Å²) in [7, 11) is 0. The minimum absolute atomic E-state index is 0. The van der Waals surface area contributed by atoms with Gasteiger partial charge in [0.05, 0.1) is 5.91 Å². The Bertz CT molecular complexity index is 409. The number of carbonyl (C=O) groups excluding carboxylic acids is 1. The summed E-state index contributed by atoms with van der Waals surface area (Å²) in [5.41, 5.74) is 2.37. The second-order valence-corrected chi connectivity index (χ2v) is 5.47. The van der Waals surface area contributed by atoms with Crippen molar-refractivity contribution in [2.75, 3.05) is 6.54 Å². The van der Waals surface area contributed by atoms with Crippen molar-refractivity contribution in [3.8, 4) is 0 Å². The van der Waals surface area contributed by atoms with Crippen LogP contribution in [0, 0.1) is 5.41 Å². The van der Waals surface area contributed by atoms with Crippen molar-refractivity contribution in [2.45, 2.75) is 33.1 Å². The number of fused-ring (bicyclic) bond motifs is 1. The summed E-state index contributed by atoms with van der Waals surface area (Å²) >= 11 is 0. The van der Waals surface area contributed by atoms with Crippen LogP contribution < -0.4 is 58.2 Å². The molecule has 17 heavy (non-hydrogen) atoms. The summed E-state index contributed by atoms with van der Waals surface area (Å²) in [6.45, 7) is 6.94. The fourth-order valence-corrected chi connectivity index (χ4v) is 2.39. The van der Waals surface area contributed by atoms with Gasteiger partial charge in [0, 0.05) is 5.92 Å². The molecule has 0 radical (unpaired) electrons. The van der Waals surface area contributed by atoms with Crippen molar-refractivity contribution in [3.05, 3.63) is 40.7 Å². The topological polar surface area (TPSA) is 31.2 Å². The van der Waals surface area contributed by atoms with Crippen LogP contribution in [0.2, 0.25) is 0 Å². The van der Waals surface area contributed by atoms with Gasteiger partial charge in [-0.2, -0.15) is 0 Å². The molecule has 1 amide bonds. The first-order chi connectivity index (χ1) is 7.50.